The molecule has 1 amide bonds. The van der Waals surface area contributed by atoms with Crippen molar-refractivity contribution in [1.82, 2.24) is 4.98 Å². The summed E-state index contributed by atoms with van der Waals surface area (Å²) < 4.78 is 0. The molecule has 0 aliphatic heterocycles. The Hall–Kier alpha value is -1.58. The van der Waals surface area contributed by atoms with Gasteiger partial charge in [-0.05, 0) is 30.7 Å². The molecular formula is C13H10Cl2N2O. The molecule has 0 saturated heterocycles. The van der Waals surface area contributed by atoms with E-state index in [2.05, 4.69) is 10.3 Å². The number of anilines is 1. The standard InChI is InChI=1S/C13H10Cl2N2O/c1-8-4-3-7-16-12(8)17-13(18)11-9(14)5-2-6-10(11)15/h2-7H,1H3,(H,16,17,18). The van der Waals surface area contributed by atoms with Gasteiger partial charge in [-0.25, -0.2) is 4.98 Å². The maximum absolute atomic E-state index is 12.1. The van der Waals surface area contributed by atoms with Gasteiger partial charge in [0.05, 0.1) is 15.6 Å². The highest BCUT2D eigenvalue weighted by Gasteiger charge is 2.15. The lowest BCUT2D eigenvalue weighted by molar-refractivity contribution is 0.102. The summed E-state index contributed by atoms with van der Waals surface area (Å²) in [5, 5.41) is 3.32. The van der Waals surface area contributed by atoms with Crippen molar-refractivity contribution in [2.75, 3.05) is 5.32 Å². The molecule has 18 heavy (non-hydrogen) atoms. The summed E-state index contributed by atoms with van der Waals surface area (Å²) in [4.78, 5) is 16.2. The van der Waals surface area contributed by atoms with Crippen LogP contribution < -0.4 is 5.32 Å². The highest BCUT2D eigenvalue weighted by Crippen LogP contribution is 2.25. The Morgan fingerprint density at radius 1 is 1.17 bits per heavy atom. The van der Waals surface area contributed by atoms with Gasteiger partial charge in [0, 0.05) is 6.20 Å². The van der Waals surface area contributed by atoms with Gasteiger partial charge in [0.25, 0.3) is 5.91 Å². The number of nitrogens with zero attached hydrogens (tertiary/aromatic N) is 1. The van der Waals surface area contributed by atoms with E-state index in [-0.39, 0.29) is 11.5 Å². The highest BCUT2D eigenvalue weighted by atomic mass is 35.5. The van der Waals surface area contributed by atoms with Gasteiger partial charge in [0.2, 0.25) is 0 Å². The Balaban J connectivity index is 2.31. The van der Waals surface area contributed by atoms with Crippen LogP contribution in [0.3, 0.4) is 0 Å². The normalized spacial score (nSPS) is 10.2. The average Bonchev–Trinajstić information content (AvgIpc) is 2.32. The number of pyridine rings is 1. The van der Waals surface area contributed by atoms with E-state index in [1.54, 1.807) is 30.5 Å². The molecule has 3 nitrogen and oxygen atoms in total. The topological polar surface area (TPSA) is 42.0 Å². The van der Waals surface area contributed by atoms with Crippen LogP contribution in [-0.2, 0) is 0 Å². The molecular weight excluding hydrogens is 271 g/mol. The minimum Gasteiger partial charge on any atom is -0.306 e. The van der Waals surface area contributed by atoms with Crippen molar-refractivity contribution >= 4 is 34.9 Å². The van der Waals surface area contributed by atoms with E-state index in [1.165, 1.54) is 0 Å². The number of benzene rings is 1. The Bertz CT molecular complexity index is 579. The van der Waals surface area contributed by atoms with Crippen molar-refractivity contribution in [3.8, 4) is 0 Å². The molecule has 92 valence electrons. The first-order valence-electron chi connectivity index (χ1n) is 5.26. The van der Waals surface area contributed by atoms with Crippen LogP contribution in [0, 0.1) is 6.92 Å². The summed E-state index contributed by atoms with van der Waals surface area (Å²) in [5.41, 5.74) is 1.12. The minimum absolute atomic E-state index is 0.255. The zero-order valence-electron chi connectivity index (χ0n) is 9.58. The van der Waals surface area contributed by atoms with Crippen LogP contribution >= 0.6 is 23.2 Å². The van der Waals surface area contributed by atoms with Crippen LogP contribution in [0.25, 0.3) is 0 Å². The molecule has 0 unspecified atom stereocenters. The van der Waals surface area contributed by atoms with Gasteiger partial charge in [-0.3, -0.25) is 4.79 Å². The largest absolute Gasteiger partial charge is 0.306 e. The quantitative estimate of drug-likeness (QED) is 0.905. The number of rotatable bonds is 2. The molecule has 1 aromatic heterocycles. The van der Waals surface area contributed by atoms with Crippen molar-refractivity contribution in [2.24, 2.45) is 0 Å². The summed E-state index contributed by atoms with van der Waals surface area (Å²) >= 11 is 11.9. The molecule has 0 spiro atoms. The highest BCUT2D eigenvalue weighted by molar-refractivity contribution is 6.40. The number of halogens is 2. The van der Waals surface area contributed by atoms with E-state index in [4.69, 9.17) is 23.2 Å². The average molecular weight is 281 g/mol. The fraction of sp³-hybridized carbons (Fsp3) is 0.0769. The lowest BCUT2D eigenvalue weighted by atomic mass is 10.2. The molecule has 1 N–H and O–H groups in total. The Labute approximate surface area is 115 Å². The SMILES string of the molecule is Cc1cccnc1NC(=O)c1c(Cl)cccc1Cl. The molecule has 2 rings (SSSR count). The molecule has 1 heterocycles. The predicted octanol–water partition coefficient (Wildman–Crippen LogP) is 3.95. The summed E-state index contributed by atoms with van der Waals surface area (Å²) in [6, 6.07) is 8.58. The van der Waals surface area contributed by atoms with Crippen LogP contribution in [0.1, 0.15) is 15.9 Å². The number of nitrogens with one attached hydrogen (secondary N) is 1. The van der Waals surface area contributed by atoms with Crippen LogP contribution in [0.2, 0.25) is 10.0 Å². The number of aromatic nitrogens is 1. The van der Waals surface area contributed by atoms with Crippen molar-refractivity contribution in [2.45, 2.75) is 6.92 Å². The Morgan fingerprint density at radius 2 is 1.83 bits per heavy atom. The van der Waals surface area contributed by atoms with E-state index < -0.39 is 0 Å². The van der Waals surface area contributed by atoms with Crippen molar-refractivity contribution in [3.05, 3.63) is 57.7 Å². The first-order valence-corrected chi connectivity index (χ1v) is 6.02. The number of carbonyl (C=O) groups excluding carboxylic acids is 1. The second kappa shape index (κ2) is 5.38. The summed E-state index contributed by atoms with van der Waals surface area (Å²) in [5.74, 6) is 0.130. The molecule has 0 radical (unpaired) electrons. The maximum Gasteiger partial charge on any atom is 0.259 e. The lowest BCUT2D eigenvalue weighted by Crippen LogP contribution is -2.14. The smallest absolute Gasteiger partial charge is 0.259 e. The van der Waals surface area contributed by atoms with Crippen LogP contribution in [0.15, 0.2) is 36.5 Å². The van der Waals surface area contributed by atoms with E-state index in [1.807, 2.05) is 13.0 Å². The molecule has 0 bridgehead atoms. The van der Waals surface area contributed by atoms with Gasteiger partial charge in [-0.15, -0.1) is 0 Å². The third-order valence-corrected chi connectivity index (χ3v) is 3.06. The zero-order valence-corrected chi connectivity index (χ0v) is 11.1. The first-order chi connectivity index (χ1) is 8.59. The van der Waals surface area contributed by atoms with Gasteiger partial charge in [0.1, 0.15) is 5.82 Å². The van der Waals surface area contributed by atoms with Crippen LogP contribution in [0.4, 0.5) is 5.82 Å². The zero-order chi connectivity index (χ0) is 13.1. The Morgan fingerprint density at radius 3 is 2.44 bits per heavy atom. The molecule has 1 aromatic carbocycles. The Kier molecular flexibility index (Phi) is 3.84. The molecule has 0 saturated carbocycles. The number of hydrogen-bond donors (Lipinski definition) is 1. The van der Waals surface area contributed by atoms with Crippen LogP contribution in [0.5, 0.6) is 0 Å². The van der Waals surface area contributed by atoms with E-state index in [0.29, 0.717) is 15.9 Å². The molecule has 0 atom stereocenters. The molecule has 5 heteroatoms. The predicted molar refractivity (Wildman–Crippen MR) is 73.4 cm³/mol. The molecule has 0 aliphatic rings. The lowest BCUT2D eigenvalue weighted by Gasteiger charge is -2.09. The van der Waals surface area contributed by atoms with Gasteiger partial charge in [0.15, 0.2) is 0 Å². The fourth-order valence-electron chi connectivity index (χ4n) is 1.50. The number of aryl methyl sites for hydroxylation is 1. The van der Waals surface area contributed by atoms with Gasteiger partial charge < -0.3 is 5.32 Å². The van der Waals surface area contributed by atoms with Gasteiger partial charge in [-0.2, -0.15) is 0 Å². The summed E-state index contributed by atoms with van der Waals surface area (Å²) in [7, 11) is 0. The maximum atomic E-state index is 12.1. The number of carbonyl (C=O) groups is 1. The molecule has 0 fully saturated rings. The monoisotopic (exact) mass is 280 g/mol. The van der Waals surface area contributed by atoms with E-state index in [9.17, 15) is 4.79 Å². The fourth-order valence-corrected chi connectivity index (χ4v) is 2.07. The van der Waals surface area contributed by atoms with Crippen molar-refractivity contribution in [3.63, 3.8) is 0 Å². The van der Waals surface area contributed by atoms with Gasteiger partial charge in [-0.1, -0.05) is 35.3 Å². The summed E-state index contributed by atoms with van der Waals surface area (Å²) in [6.07, 6.45) is 1.61. The van der Waals surface area contributed by atoms with Crippen LogP contribution in [-0.4, -0.2) is 10.9 Å². The van der Waals surface area contributed by atoms with E-state index in [0.717, 1.165) is 5.56 Å². The second-order valence-corrected chi connectivity index (χ2v) is 4.53. The van der Waals surface area contributed by atoms with Crippen molar-refractivity contribution in [1.29, 1.82) is 0 Å². The number of amides is 1. The molecule has 0 aliphatic carbocycles. The summed E-state index contributed by atoms with van der Waals surface area (Å²) in [6.45, 7) is 1.86. The second-order valence-electron chi connectivity index (χ2n) is 3.72. The van der Waals surface area contributed by atoms with Gasteiger partial charge >= 0.3 is 0 Å². The van der Waals surface area contributed by atoms with E-state index >= 15 is 0 Å². The molecule has 2 aromatic rings. The number of hydrogen-bond acceptors (Lipinski definition) is 2. The third kappa shape index (κ3) is 2.63. The van der Waals surface area contributed by atoms with Crippen molar-refractivity contribution < 1.29 is 4.79 Å². The minimum atomic E-state index is -0.368. The third-order valence-electron chi connectivity index (χ3n) is 2.43. The first kappa shape index (κ1) is 12.9.